The molecule has 0 aromatic heterocycles. The molecule has 0 spiro atoms. The SMILES string of the molecule is O=C(NS(=O)O)C(F)F. The summed E-state index contributed by atoms with van der Waals surface area (Å²) in [5, 5.41) is 0. The van der Waals surface area contributed by atoms with Crippen molar-refractivity contribution >= 4 is 17.2 Å². The highest BCUT2D eigenvalue weighted by molar-refractivity contribution is 7.77. The number of carbonyl (C=O) groups is 1. The molecule has 0 aromatic carbocycles. The minimum absolute atomic E-state index is 1.08. The molecule has 7 heteroatoms. The molecule has 1 amide bonds. The number of carbonyl (C=O) groups excluding carboxylic acids is 1. The van der Waals surface area contributed by atoms with Crippen LogP contribution in [0.2, 0.25) is 0 Å². The maximum Gasteiger partial charge on any atom is 0.316 e. The molecule has 0 aliphatic rings. The molecule has 1 unspecified atom stereocenters. The predicted octanol–water partition coefficient (Wildman–Crippen LogP) is -0.496. The van der Waals surface area contributed by atoms with Crippen LogP contribution < -0.4 is 4.72 Å². The van der Waals surface area contributed by atoms with E-state index in [4.69, 9.17) is 4.55 Å². The van der Waals surface area contributed by atoms with E-state index in [0.29, 0.717) is 0 Å². The van der Waals surface area contributed by atoms with Gasteiger partial charge in [-0.25, -0.2) is 8.93 Å². The molecule has 0 bridgehead atoms. The van der Waals surface area contributed by atoms with Crippen LogP contribution in [-0.4, -0.2) is 21.1 Å². The number of nitrogens with one attached hydrogen (secondary N) is 1. The van der Waals surface area contributed by atoms with E-state index in [0.717, 1.165) is 4.72 Å². The minimum Gasteiger partial charge on any atom is -0.289 e. The van der Waals surface area contributed by atoms with E-state index >= 15 is 0 Å². The average molecular weight is 159 g/mol. The highest BCUT2D eigenvalue weighted by Gasteiger charge is 2.15. The smallest absolute Gasteiger partial charge is 0.289 e. The third-order valence-electron chi connectivity index (χ3n) is 0.386. The van der Waals surface area contributed by atoms with Crippen LogP contribution in [0.25, 0.3) is 0 Å². The Kier molecular flexibility index (Phi) is 3.25. The van der Waals surface area contributed by atoms with Crippen molar-refractivity contribution in [3.8, 4) is 0 Å². The molecular weight excluding hydrogens is 156 g/mol. The van der Waals surface area contributed by atoms with Gasteiger partial charge in [0, 0.05) is 0 Å². The van der Waals surface area contributed by atoms with Crippen molar-refractivity contribution in [1.82, 2.24) is 4.72 Å². The van der Waals surface area contributed by atoms with Crippen LogP contribution in [0.15, 0.2) is 0 Å². The lowest BCUT2D eigenvalue weighted by Crippen LogP contribution is -2.30. The third kappa shape index (κ3) is 3.98. The van der Waals surface area contributed by atoms with Crippen molar-refractivity contribution in [2.24, 2.45) is 0 Å². The lowest BCUT2D eigenvalue weighted by atomic mass is 10.7. The molecule has 0 fully saturated rings. The third-order valence-corrected chi connectivity index (χ3v) is 0.762. The summed E-state index contributed by atoms with van der Waals surface area (Å²) in [5.41, 5.74) is 0. The summed E-state index contributed by atoms with van der Waals surface area (Å²) in [5.74, 6) is -1.75. The highest BCUT2D eigenvalue weighted by Crippen LogP contribution is 1.89. The molecule has 0 saturated heterocycles. The van der Waals surface area contributed by atoms with Crippen molar-refractivity contribution < 1.29 is 22.3 Å². The minimum atomic E-state index is -3.25. The second kappa shape index (κ2) is 3.46. The Labute approximate surface area is 51.7 Å². The zero-order valence-electron chi connectivity index (χ0n) is 4.01. The highest BCUT2D eigenvalue weighted by atomic mass is 32.2. The fourth-order valence-corrected chi connectivity index (χ4v) is 0.392. The molecule has 0 radical (unpaired) electrons. The first-order chi connectivity index (χ1) is 4.04. The van der Waals surface area contributed by atoms with Gasteiger partial charge in [0.25, 0.3) is 11.3 Å². The van der Waals surface area contributed by atoms with E-state index in [-0.39, 0.29) is 0 Å². The van der Waals surface area contributed by atoms with E-state index in [2.05, 4.69) is 0 Å². The van der Waals surface area contributed by atoms with Gasteiger partial charge in [0.1, 0.15) is 0 Å². The van der Waals surface area contributed by atoms with E-state index in [1.54, 1.807) is 0 Å². The van der Waals surface area contributed by atoms with Crippen molar-refractivity contribution in [2.45, 2.75) is 6.43 Å². The first kappa shape index (κ1) is 8.44. The molecule has 0 aromatic rings. The monoisotopic (exact) mass is 159 g/mol. The summed E-state index contributed by atoms with van der Waals surface area (Å²) in [6.45, 7) is 0. The molecule has 0 aliphatic carbocycles. The average Bonchev–Trinajstić information content (AvgIpc) is 1.63. The van der Waals surface area contributed by atoms with Crippen LogP contribution in [-0.2, 0) is 16.1 Å². The summed E-state index contributed by atoms with van der Waals surface area (Å²) in [6, 6.07) is 0. The van der Waals surface area contributed by atoms with Gasteiger partial charge in [0.15, 0.2) is 0 Å². The lowest BCUT2D eigenvalue weighted by molar-refractivity contribution is -0.129. The Morgan fingerprint density at radius 2 is 2.11 bits per heavy atom. The summed E-state index contributed by atoms with van der Waals surface area (Å²) < 4.78 is 40.7. The summed E-state index contributed by atoms with van der Waals surface area (Å²) >= 11 is -2.70. The van der Waals surface area contributed by atoms with Crippen LogP contribution in [0, 0.1) is 0 Å². The molecule has 54 valence electrons. The molecule has 9 heavy (non-hydrogen) atoms. The van der Waals surface area contributed by atoms with Gasteiger partial charge in [0.05, 0.1) is 0 Å². The van der Waals surface area contributed by atoms with Crippen molar-refractivity contribution in [2.75, 3.05) is 0 Å². The Balaban J connectivity index is 3.64. The van der Waals surface area contributed by atoms with Gasteiger partial charge in [-0.1, -0.05) is 0 Å². The molecule has 0 saturated carbocycles. The quantitative estimate of drug-likeness (QED) is 0.534. The van der Waals surface area contributed by atoms with Crippen molar-refractivity contribution in [3.63, 3.8) is 0 Å². The van der Waals surface area contributed by atoms with Gasteiger partial charge in [0.2, 0.25) is 0 Å². The van der Waals surface area contributed by atoms with E-state index < -0.39 is 23.6 Å². The Bertz CT molecular complexity index is 138. The van der Waals surface area contributed by atoms with Gasteiger partial charge in [-0.15, -0.1) is 0 Å². The second-order valence-corrected chi connectivity index (χ2v) is 1.72. The van der Waals surface area contributed by atoms with Crippen molar-refractivity contribution in [3.05, 3.63) is 0 Å². The zero-order chi connectivity index (χ0) is 7.44. The Morgan fingerprint density at radius 3 is 2.22 bits per heavy atom. The molecule has 0 heterocycles. The number of hydrogen-bond acceptors (Lipinski definition) is 2. The van der Waals surface area contributed by atoms with E-state index in [1.807, 2.05) is 0 Å². The fourth-order valence-electron chi connectivity index (χ4n) is 0.131. The van der Waals surface area contributed by atoms with Gasteiger partial charge in [-0.2, -0.15) is 8.78 Å². The van der Waals surface area contributed by atoms with Crippen LogP contribution in [0.4, 0.5) is 8.78 Å². The largest absolute Gasteiger partial charge is 0.316 e. The molecule has 2 N–H and O–H groups in total. The maximum absolute atomic E-state index is 11.1. The zero-order valence-corrected chi connectivity index (χ0v) is 4.82. The van der Waals surface area contributed by atoms with Crippen LogP contribution in [0.5, 0.6) is 0 Å². The lowest BCUT2D eigenvalue weighted by Gasteiger charge is -1.95. The normalized spacial score (nSPS) is 13.3. The standard InChI is InChI=1S/C2H3F2NO3S/c3-1(4)2(6)5-9(7)8/h1H,(H,5,6)(H,7,8). The van der Waals surface area contributed by atoms with Gasteiger partial charge < -0.3 is 0 Å². The van der Waals surface area contributed by atoms with Crippen LogP contribution in [0.1, 0.15) is 0 Å². The molecular formula is C2H3F2NO3S. The Morgan fingerprint density at radius 1 is 1.67 bits per heavy atom. The first-order valence-electron chi connectivity index (χ1n) is 1.73. The summed E-state index contributed by atoms with van der Waals surface area (Å²) in [6.07, 6.45) is -3.25. The van der Waals surface area contributed by atoms with Gasteiger partial charge in [-0.05, 0) is 0 Å². The van der Waals surface area contributed by atoms with Gasteiger partial charge >= 0.3 is 12.3 Å². The van der Waals surface area contributed by atoms with Gasteiger partial charge in [-0.3, -0.25) is 9.35 Å². The number of rotatable bonds is 2. The number of amides is 1. The summed E-state index contributed by atoms with van der Waals surface area (Å²) in [4.78, 5) is 9.74. The molecule has 1 atom stereocenters. The van der Waals surface area contributed by atoms with E-state index in [9.17, 15) is 17.8 Å². The fraction of sp³-hybridized carbons (Fsp3) is 0.500. The van der Waals surface area contributed by atoms with E-state index in [1.165, 1.54) is 0 Å². The van der Waals surface area contributed by atoms with Crippen LogP contribution in [0.3, 0.4) is 0 Å². The number of halogens is 2. The summed E-state index contributed by atoms with van der Waals surface area (Å²) in [7, 11) is 0. The molecule has 0 rings (SSSR count). The number of hydrogen-bond donors (Lipinski definition) is 2. The Hall–Kier alpha value is -0.560. The maximum atomic E-state index is 11.1. The topological polar surface area (TPSA) is 66.4 Å². The first-order valence-corrected chi connectivity index (χ1v) is 2.84. The predicted molar refractivity (Wildman–Crippen MR) is 24.9 cm³/mol. The second-order valence-electron chi connectivity index (χ2n) is 1.02. The molecule has 4 nitrogen and oxygen atoms in total. The van der Waals surface area contributed by atoms with Crippen molar-refractivity contribution in [1.29, 1.82) is 0 Å². The van der Waals surface area contributed by atoms with Crippen LogP contribution >= 0.6 is 0 Å². The molecule has 0 aliphatic heterocycles. The number of alkyl halides is 2.